The fourth-order valence-electron chi connectivity index (χ4n) is 8.58. The normalized spacial score (nSPS) is 16.3. The Balaban J connectivity index is 0.924. The molecule has 1 saturated heterocycles. The molecular formula is C51H69ClN10O7. The highest BCUT2D eigenvalue weighted by Crippen LogP contribution is 2.43. The summed E-state index contributed by atoms with van der Waals surface area (Å²) in [5.41, 5.74) is 4.91. The number of ether oxygens (including phenoxy) is 2. The number of nitrogens with zero attached hydrogens (tertiary/aromatic N) is 6. The van der Waals surface area contributed by atoms with E-state index in [-0.39, 0.29) is 54.9 Å². The minimum atomic E-state index is -0.737. The highest BCUT2D eigenvalue weighted by Gasteiger charge is 2.36. The highest BCUT2D eigenvalue weighted by molar-refractivity contribution is 6.30. The van der Waals surface area contributed by atoms with Crippen LogP contribution in [0.3, 0.4) is 0 Å². The van der Waals surface area contributed by atoms with Crippen molar-refractivity contribution in [1.29, 1.82) is 0 Å². The zero-order valence-electron chi connectivity index (χ0n) is 41.0. The van der Waals surface area contributed by atoms with Crippen molar-refractivity contribution < 1.29 is 33.8 Å². The maximum atomic E-state index is 14.4. The van der Waals surface area contributed by atoms with Crippen molar-refractivity contribution in [2.45, 2.75) is 90.9 Å². The third-order valence-electron chi connectivity index (χ3n) is 12.3. The van der Waals surface area contributed by atoms with E-state index in [0.29, 0.717) is 76.1 Å². The van der Waals surface area contributed by atoms with Crippen LogP contribution in [0.2, 0.25) is 5.02 Å². The van der Waals surface area contributed by atoms with Crippen LogP contribution < -0.4 is 26.2 Å². The monoisotopic (exact) mass is 969 g/mol. The average Bonchev–Trinajstić information content (AvgIpc) is 3.62. The van der Waals surface area contributed by atoms with E-state index in [9.17, 15) is 24.3 Å². The SMILES string of the molecule is CCc1cccc(-c2cnc(C(=O)NCCOCCNCC(=O)NCCN(C[C@@H](C(=O)N3CCN(c4ncnc5c4[C@H](C)C[C@H]5O)CC3)c3ccc(Cl)cc3)C(C)C)c(NC(=O)OC(C)(C)C)c2)c1. The van der Waals surface area contributed by atoms with Crippen molar-refractivity contribution in [2.75, 3.05) is 88.9 Å². The summed E-state index contributed by atoms with van der Waals surface area (Å²) in [4.78, 5) is 72.9. The number of carbonyl (C=O) groups excluding carboxylic acids is 4. The Kier molecular flexibility index (Phi) is 18.9. The zero-order valence-corrected chi connectivity index (χ0v) is 41.8. The number of halogens is 1. The Bertz CT molecular complexity index is 2370. The smallest absolute Gasteiger partial charge is 0.412 e. The molecule has 17 nitrogen and oxygen atoms in total. The van der Waals surface area contributed by atoms with E-state index in [2.05, 4.69) is 73.7 Å². The summed E-state index contributed by atoms with van der Waals surface area (Å²) in [5, 5.41) is 22.7. The fraction of sp³-hybridized carbons (Fsp3) is 0.510. The van der Waals surface area contributed by atoms with Crippen LogP contribution in [0.1, 0.15) is 106 Å². The number of nitrogens with one attached hydrogen (secondary N) is 4. The number of aliphatic hydroxyl groups excluding tert-OH is 1. The molecule has 1 aliphatic carbocycles. The van der Waals surface area contributed by atoms with Crippen LogP contribution in [0.25, 0.3) is 11.1 Å². The topological polar surface area (TPSA) is 203 Å². The van der Waals surface area contributed by atoms with Crippen LogP contribution in [0.5, 0.6) is 0 Å². The first kappa shape index (κ1) is 52.6. The summed E-state index contributed by atoms with van der Waals surface area (Å²) in [6, 6.07) is 17.3. The molecule has 5 N–H and O–H groups in total. The van der Waals surface area contributed by atoms with E-state index < -0.39 is 29.6 Å². The second-order valence-electron chi connectivity index (χ2n) is 18.8. The molecule has 2 aromatic carbocycles. The molecular weight excluding hydrogens is 900 g/mol. The second-order valence-corrected chi connectivity index (χ2v) is 19.3. The predicted molar refractivity (Wildman–Crippen MR) is 268 cm³/mol. The second kappa shape index (κ2) is 24.7. The first-order chi connectivity index (χ1) is 33.0. The van der Waals surface area contributed by atoms with Gasteiger partial charge in [-0.3, -0.25) is 24.6 Å². The number of fused-ring (bicyclic) bond motifs is 1. The van der Waals surface area contributed by atoms with E-state index in [1.54, 1.807) is 33.0 Å². The lowest BCUT2D eigenvalue weighted by Gasteiger charge is -2.39. The van der Waals surface area contributed by atoms with Gasteiger partial charge in [-0.05, 0) is 88.3 Å². The van der Waals surface area contributed by atoms with Crippen molar-refractivity contribution in [3.63, 3.8) is 0 Å². The van der Waals surface area contributed by atoms with E-state index in [1.807, 2.05) is 53.4 Å². The van der Waals surface area contributed by atoms with Crippen molar-refractivity contribution in [2.24, 2.45) is 0 Å². The number of benzene rings is 2. The number of pyridine rings is 1. The molecule has 0 spiro atoms. The van der Waals surface area contributed by atoms with E-state index in [4.69, 9.17) is 21.1 Å². The Morgan fingerprint density at radius 3 is 2.38 bits per heavy atom. The number of hydrogen-bond acceptors (Lipinski definition) is 13. The van der Waals surface area contributed by atoms with Crippen molar-refractivity contribution in [1.82, 2.24) is 40.7 Å². The molecule has 18 heteroatoms. The number of amides is 4. The lowest BCUT2D eigenvalue weighted by molar-refractivity contribution is -0.133. The van der Waals surface area contributed by atoms with Gasteiger partial charge in [0.25, 0.3) is 5.91 Å². The number of hydrogen-bond donors (Lipinski definition) is 5. The predicted octanol–water partition coefficient (Wildman–Crippen LogP) is 5.94. The van der Waals surface area contributed by atoms with Gasteiger partial charge in [0.2, 0.25) is 11.8 Å². The lowest BCUT2D eigenvalue weighted by Crippen LogP contribution is -2.52. The molecule has 0 unspecified atom stereocenters. The molecule has 2 aromatic heterocycles. The van der Waals surface area contributed by atoms with E-state index in [1.165, 1.54) is 6.33 Å². The molecule has 3 atom stereocenters. The first-order valence-electron chi connectivity index (χ1n) is 24.0. The third-order valence-corrected chi connectivity index (χ3v) is 12.5. The number of anilines is 2. The third kappa shape index (κ3) is 14.9. The van der Waals surface area contributed by atoms with Gasteiger partial charge < -0.3 is 40.3 Å². The van der Waals surface area contributed by atoms with Gasteiger partial charge in [0, 0.05) is 87.3 Å². The number of aryl methyl sites for hydroxylation is 1. The molecule has 6 rings (SSSR count). The Morgan fingerprint density at radius 2 is 1.67 bits per heavy atom. The standard InChI is InChI=1S/C51H69ClN10O7/c1-8-35-10-9-11-37(27-35)38-28-41(59-50(67)69-51(5,6)7)45(56-29-38)48(65)55-18-25-68-24-17-53-30-43(64)54-16-19-62(33(2)3)31-40(36-12-14-39(52)15-13-36)49(66)61-22-20-60(21-23-61)47-44-34(4)26-42(63)46(44)57-32-58-47/h9-15,27-29,32-34,40,42,53,63H,8,16-26,30-31H2,1-7H3,(H,54,64)(H,55,65)(H,59,67)/t34-,40-,42-/m1/s1. The number of rotatable bonds is 21. The minimum Gasteiger partial charge on any atom is -0.444 e. The molecule has 1 aliphatic heterocycles. The summed E-state index contributed by atoms with van der Waals surface area (Å²) in [5.74, 6) is -0.0588. The molecule has 69 heavy (non-hydrogen) atoms. The summed E-state index contributed by atoms with van der Waals surface area (Å²) < 4.78 is 11.1. The largest absolute Gasteiger partial charge is 0.444 e. The van der Waals surface area contributed by atoms with E-state index in [0.717, 1.165) is 40.1 Å². The average molecular weight is 970 g/mol. The highest BCUT2D eigenvalue weighted by atomic mass is 35.5. The number of carbonyl (C=O) groups is 4. The van der Waals surface area contributed by atoms with Crippen LogP contribution in [-0.4, -0.2) is 144 Å². The number of aliphatic hydroxyl groups is 1. The van der Waals surface area contributed by atoms with Crippen LogP contribution in [-0.2, 0) is 25.5 Å². The van der Waals surface area contributed by atoms with Gasteiger partial charge in [-0.2, -0.15) is 0 Å². The molecule has 0 saturated carbocycles. The Labute approximate surface area is 411 Å². The molecule has 0 bridgehead atoms. The summed E-state index contributed by atoms with van der Waals surface area (Å²) in [6.07, 6.45) is 3.33. The van der Waals surface area contributed by atoms with E-state index >= 15 is 0 Å². The molecule has 3 heterocycles. The van der Waals surface area contributed by atoms with Gasteiger partial charge in [0.15, 0.2) is 5.69 Å². The van der Waals surface area contributed by atoms with Gasteiger partial charge in [-0.15, -0.1) is 0 Å². The van der Waals surface area contributed by atoms with Crippen LogP contribution in [0.4, 0.5) is 16.3 Å². The van der Waals surface area contributed by atoms with Gasteiger partial charge in [0.1, 0.15) is 17.7 Å². The van der Waals surface area contributed by atoms with Crippen molar-refractivity contribution >= 4 is 46.9 Å². The Morgan fingerprint density at radius 1 is 0.928 bits per heavy atom. The molecule has 0 radical (unpaired) electrons. The van der Waals surface area contributed by atoms with Gasteiger partial charge in [-0.1, -0.05) is 61.8 Å². The molecule has 4 amide bonds. The van der Waals surface area contributed by atoms with Gasteiger partial charge >= 0.3 is 6.09 Å². The summed E-state index contributed by atoms with van der Waals surface area (Å²) in [6.45, 7) is 18.5. The molecule has 1 fully saturated rings. The van der Waals surface area contributed by atoms with Crippen LogP contribution >= 0.6 is 11.6 Å². The van der Waals surface area contributed by atoms with Crippen LogP contribution in [0, 0.1) is 0 Å². The van der Waals surface area contributed by atoms with Gasteiger partial charge in [0.05, 0.1) is 43.2 Å². The van der Waals surface area contributed by atoms with Crippen molar-refractivity contribution in [3.8, 4) is 11.1 Å². The van der Waals surface area contributed by atoms with Gasteiger partial charge in [-0.25, -0.2) is 19.7 Å². The zero-order chi connectivity index (χ0) is 49.7. The number of piperazine rings is 1. The Hall–Kier alpha value is -5.72. The first-order valence-corrected chi connectivity index (χ1v) is 24.4. The van der Waals surface area contributed by atoms with Crippen molar-refractivity contribution in [3.05, 3.63) is 100 Å². The maximum absolute atomic E-state index is 14.4. The summed E-state index contributed by atoms with van der Waals surface area (Å²) in [7, 11) is 0. The molecule has 4 aromatic rings. The summed E-state index contributed by atoms with van der Waals surface area (Å²) >= 11 is 6.27. The minimum absolute atomic E-state index is 0.0371. The maximum Gasteiger partial charge on any atom is 0.412 e. The molecule has 372 valence electrons. The van der Waals surface area contributed by atoms with Crippen LogP contribution in [0.15, 0.2) is 67.1 Å². The number of aromatic nitrogens is 3. The lowest BCUT2D eigenvalue weighted by atomic mass is 9.95. The quantitative estimate of drug-likeness (QED) is 0.0615. The fourth-order valence-corrected chi connectivity index (χ4v) is 8.71. The molecule has 2 aliphatic rings.